The molecule has 0 nitrogen and oxygen atoms in total. The van der Waals surface area contributed by atoms with Gasteiger partial charge in [0.25, 0.3) is 0 Å². The highest BCUT2D eigenvalue weighted by molar-refractivity contribution is 9.09. The molecule has 94 valence electrons. The fraction of sp³-hybridized carbons (Fsp3) is 0.500. The van der Waals surface area contributed by atoms with Gasteiger partial charge in [-0.1, -0.05) is 61.0 Å². The Hall–Kier alpha value is -0.560. The molecule has 0 aliphatic heterocycles. The van der Waals surface area contributed by atoms with Crippen LogP contribution in [0.4, 0.5) is 0 Å². The fourth-order valence-electron chi connectivity index (χ4n) is 1.89. The first-order chi connectivity index (χ1) is 7.86. The van der Waals surface area contributed by atoms with Gasteiger partial charge in [-0.05, 0) is 47.9 Å². The highest BCUT2D eigenvalue weighted by Crippen LogP contribution is 2.27. The van der Waals surface area contributed by atoms with Crippen molar-refractivity contribution in [2.45, 2.75) is 46.5 Å². The van der Waals surface area contributed by atoms with Crippen molar-refractivity contribution in [2.24, 2.45) is 0 Å². The number of benzene rings is 1. The number of aryl methyl sites for hydroxylation is 1. The molecule has 1 aromatic carbocycles. The molecular weight excluding hydrogens is 272 g/mol. The van der Waals surface area contributed by atoms with Crippen molar-refractivity contribution in [3.05, 3.63) is 41.0 Å². The molecule has 0 radical (unpaired) electrons. The van der Waals surface area contributed by atoms with Crippen molar-refractivity contribution in [1.82, 2.24) is 0 Å². The van der Waals surface area contributed by atoms with Crippen LogP contribution in [0.2, 0.25) is 0 Å². The minimum atomic E-state index is 0.220. The second kappa shape index (κ2) is 5.86. The third-order valence-electron chi connectivity index (χ3n) is 3.09. The Bertz CT molecular complexity index is 408. The van der Waals surface area contributed by atoms with E-state index in [1.165, 1.54) is 22.3 Å². The summed E-state index contributed by atoms with van der Waals surface area (Å²) in [5.41, 5.74) is 5.76. The zero-order valence-corrected chi connectivity index (χ0v) is 13.2. The Labute approximate surface area is 114 Å². The summed E-state index contributed by atoms with van der Waals surface area (Å²) < 4.78 is 0. The number of hydrogen-bond donors (Lipinski definition) is 0. The number of hydrogen-bond acceptors (Lipinski definition) is 0. The van der Waals surface area contributed by atoms with E-state index < -0.39 is 0 Å². The molecule has 0 heterocycles. The maximum atomic E-state index is 3.47. The monoisotopic (exact) mass is 294 g/mol. The summed E-state index contributed by atoms with van der Waals surface area (Å²) in [7, 11) is 0. The third kappa shape index (κ3) is 3.99. The Kier molecular flexibility index (Phi) is 5.00. The molecule has 0 aliphatic rings. The van der Waals surface area contributed by atoms with Crippen LogP contribution in [0.5, 0.6) is 0 Å². The molecule has 1 rings (SSSR count). The zero-order valence-electron chi connectivity index (χ0n) is 11.6. The van der Waals surface area contributed by atoms with Crippen LogP contribution in [0.1, 0.15) is 50.8 Å². The summed E-state index contributed by atoms with van der Waals surface area (Å²) >= 11 is 3.47. The first kappa shape index (κ1) is 14.5. The first-order valence-electron chi connectivity index (χ1n) is 6.20. The topological polar surface area (TPSA) is 0 Å². The maximum Gasteiger partial charge on any atom is 0.00661 e. The number of allylic oxidation sites excluding steroid dienone is 2. The Balaban J connectivity index is 3.15. The summed E-state index contributed by atoms with van der Waals surface area (Å²) in [4.78, 5) is 0. The van der Waals surface area contributed by atoms with Crippen LogP contribution in [-0.2, 0) is 5.41 Å². The molecule has 0 N–H and O–H groups in total. The molecule has 0 saturated heterocycles. The highest BCUT2D eigenvalue weighted by Gasteiger charge is 2.14. The SMILES string of the molecule is C/C(=C\CCBr)c1cc(C(C)(C)C)ccc1C. The van der Waals surface area contributed by atoms with Crippen molar-refractivity contribution in [1.29, 1.82) is 0 Å². The van der Waals surface area contributed by atoms with E-state index in [9.17, 15) is 0 Å². The van der Waals surface area contributed by atoms with Crippen LogP contribution in [0, 0.1) is 6.92 Å². The summed E-state index contributed by atoms with van der Waals surface area (Å²) in [6.07, 6.45) is 3.40. The quantitative estimate of drug-likeness (QED) is 0.648. The average molecular weight is 295 g/mol. The Morgan fingerprint density at radius 1 is 1.29 bits per heavy atom. The van der Waals surface area contributed by atoms with E-state index in [0.29, 0.717) is 0 Å². The minimum absolute atomic E-state index is 0.220. The predicted octanol–water partition coefficient (Wildman–Crippen LogP) is 5.48. The van der Waals surface area contributed by atoms with Gasteiger partial charge in [-0.3, -0.25) is 0 Å². The minimum Gasteiger partial charge on any atom is -0.0925 e. The smallest absolute Gasteiger partial charge is 0.00661 e. The zero-order chi connectivity index (χ0) is 13.1. The van der Waals surface area contributed by atoms with E-state index in [1.807, 2.05) is 0 Å². The lowest BCUT2D eigenvalue weighted by Crippen LogP contribution is -2.11. The van der Waals surface area contributed by atoms with Crippen molar-refractivity contribution in [3.63, 3.8) is 0 Å². The van der Waals surface area contributed by atoms with Crippen LogP contribution in [0.25, 0.3) is 5.57 Å². The molecule has 0 aromatic heterocycles. The average Bonchev–Trinajstić information content (AvgIpc) is 2.24. The standard InChI is InChI=1S/C16H23Br/c1-12(7-6-10-17)15-11-14(16(3,4)5)9-8-13(15)2/h7-9,11H,6,10H2,1-5H3/b12-7+. The van der Waals surface area contributed by atoms with Crippen molar-refractivity contribution >= 4 is 21.5 Å². The van der Waals surface area contributed by atoms with Gasteiger partial charge in [0.1, 0.15) is 0 Å². The molecule has 0 saturated carbocycles. The summed E-state index contributed by atoms with van der Waals surface area (Å²) in [5.74, 6) is 0. The van der Waals surface area contributed by atoms with E-state index in [4.69, 9.17) is 0 Å². The van der Waals surface area contributed by atoms with Gasteiger partial charge >= 0.3 is 0 Å². The molecule has 1 aromatic rings. The van der Waals surface area contributed by atoms with E-state index in [-0.39, 0.29) is 5.41 Å². The summed E-state index contributed by atoms with van der Waals surface area (Å²) in [6.45, 7) is 11.2. The van der Waals surface area contributed by atoms with Gasteiger partial charge in [-0.2, -0.15) is 0 Å². The van der Waals surface area contributed by atoms with Gasteiger partial charge in [0.2, 0.25) is 0 Å². The molecular formula is C16H23Br. The second-order valence-electron chi connectivity index (χ2n) is 5.64. The maximum absolute atomic E-state index is 3.47. The normalized spacial score (nSPS) is 12.9. The van der Waals surface area contributed by atoms with E-state index >= 15 is 0 Å². The molecule has 17 heavy (non-hydrogen) atoms. The fourth-order valence-corrected chi connectivity index (χ4v) is 2.12. The van der Waals surface area contributed by atoms with Gasteiger partial charge in [0, 0.05) is 5.33 Å². The van der Waals surface area contributed by atoms with Gasteiger partial charge < -0.3 is 0 Å². The number of halogens is 1. The van der Waals surface area contributed by atoms with E-state index in [2.05, 4.69) is 74.8 Å². The molecule has 0 amide bonds. The predicted molar refractivity (Wildman–Crippen MR) is 81.9 cm³/mol. The molecule has 0 unspecified atom stereocenters. The summed E-state index contributed by atoms with van der Waals surface area (Å²) in [6, 6.07) is 6.83. The highest BCUT2D eigenvalue weighted by atomic mass is 79.9. The van der Waals surface area contributed by atoms with E-state index in [1.54, 1.807) is 0 Å². The third-order valence-corrected chi connectivity index (χ3v) is 3.55. The van der Waals surface area contributed by atoms with Gasteiger partial charge in [0.15, 0.2) is 0 Å². The van der Waals surface area contributed by atoms with Crippen LogP contribution in [0.3, 0.4) is 0 Å². The first-order valence-corrected chi connectivity index (χ1v) is 7.32. The largest absolute Gasteiger partial charge is 0.0925 e. The van der Waals surface area contributed by atoms with Gasteiger partial charge in [0.05, 0.1) is 0 Å². The number of rotatable bonds is 3. The molecule has 0 bridgehead atoms. The summed E-state index contributed by atoms with van der Waals surface area (Å²) in [5, 5.41) is 1.03. The Morgan fingerprint density at radius 2 is 1.94 bits per heavy atom. The molecule has 0 fully saturated rings. The second-order valence-corrected chi connectivity index (χ2v) is 6.44. The number of alkyl halides is 1. The van der Waals surface area contributed by atoms with Crippen molar-refractivity contribution in [2.75, 3.05) is 5.33 Å². The van der Waals surface area contributed by atoms with Crippen LogP contribution in [-0.4, -0.2) is 5.33 Å². The Morgan fingerprint density at radius 3 is 2.47 bits per heavy atom. The van der Waals surface area contributed by atoms with Crippen LogP contribution < -0.4 is 0 Å². The lowest BCUT2D eigenvalue weighted by Gasteiger charge is -2.21. The van der Waals surface area contributed by atoms with Crippen LogP contribution >= 0.6 is 15.9 Å². The molecule has 1 heteroatoms. The van der Waals surface area contributed by atoms with Gasteiger partial charge in [-0.15, -0.1) is 0 Å². The lowest BCUT2D eigenvalue weighted by atomic mass is 9.84. The van der Waals surface area contributed by atoms with Crippen molar-refractivity contribution < 1.29 is 0 Å². The van der Waals surface area contributed by atoms with Crippen LogP contribution in [0.15, 0.2) is 24.3 Å². The van der Waals surface area contributed by atoms with Gasteiger partial charge in [-0.25, -0.2) is 0 Å². The lowest BCUT2D eigenvalue weighted by molar-refractivity contribution is 0.590. The molecule has 0 spiro atoms. The van der Waals surface area contributed by atoms with Crippen molar-refractivity contribution in [3.8, 4) is 0 Å². The van der Waals surface area contributed by atoms with E-state index in [0.717, 1.165) is 11.8 Å². The molecule has 0 aliphatic carbocycles. The molecule has 0 atom stereocenters.